The van der Waals surface area contributed by atoms with Crippen molar-refractivity contribution in [2.45, 2.75) is 44.8 Å². The van der Waals surface area contributed by atoms with Crippen LogP contribution in [0.4, 0.5) is 0 Å². The van der Waals surface area contributed by atoms with Gasteiger partial charge in [-0.1, -0.05) is 19.8 Å². The molecular weight excluding hydrogens is 198 g/mol. The van der Waals surface area contributed by atoms with E-state index in [-0.39, 0.29) is 6.10 Å². The van der Waals surface area contributed by atoms with Crippen molar-refractivity contribution < 1.29 is 5.11 Å². The third kappa shape index (κ3) is 3.41. The van der Waals surface area contributed by atoms with Crippen molar-refractivity contribution in [3.63, 3.8) is 0 Å². The summed E-state index contributed by atoms with van der Waals surface area (Å²) >= 11 is 5.78. The predicted octanol–water partition coefficient (Wildman–Crippen LogP) is 2.10. The lowest BCUT2D eigenvalue weighted by atomic mass is 9.91. The standard InChI is InChI=1S/C11H22ClNO/c1-9(7-12)8-13(2)10-5-3-4-6-11(10)14/h9-11,14H,3-8H2,1-2H3. The van der Waals surface area contributed by atoms with Crippen molar-refractivity contribution in [1.82, 2.24) is 4.90 Å². The molecule has 1 aliphatic carbocycles. The summed E-state index contributed by atoms with van der Waals surface area (Å²) in [5.41, 5.74) is 0. The second kappa shape index (κ2) is 5.94. The van der Waals surface area contributed by atoms with Crippen molar-refractivity contribution in [3.8, 4) is 0 Å². The molecule has 14 heavy (non-hydrogen) atoms. The van der Waals surface area contributed by atoms with Gasteiger partial charge >= 0.3 is 0 Å². The van der Waals surface area contributed by atoms with Gasteiger partial charge in [-0.3, -0.25) is 0 Å². The number of likely N-dealkylation sites (N-methyl/N-ethyl adjacent to an activating group) is 1. The monoisotopic (exact) mass is 219 g/mol. The Balaban J connectivity index is 2.37. The Labute approximate surface area is 92.2 Å². The van der Waals surface area contributed by atoms with Crippen molar-refractivity contribution >= 4 is 11.6 Å². The second-order valence-corrected chi connectivity index (χ2v) is 4.93. The Morgan fingerprint density at radius 3 is 2.64 bits per heavy atom. The van der Waals surface area contributed by atoms with Crippen LogP contribution in [0.15, 0.2) is 0 Å². The average Bonchev–Trinajstić information content (AvgIpc) is 2.18. The molecule has 0 heterocycles. The summed E-state index contributed by atoms with van der Waals surface area (Å²) in [5.74, 6) is 1.21. The average molecular weight is 220 g/mol. The number of aliphatic hydroxyl groups excluding tert-OH is 1. The molecule has 0 spiro atoms. The molecule has 0 bridgehead atoms. The largest absolute Gasteiger partial charge is 0.391 e. The Kier molecular flexibility index (Phi) is 5.21. The van der Waals surface area contributed by atoms with Crippen LogP contribution in [0.1, 0.15) is 32.6 Å². The van der Waals surface area contributed by atoms with Gasteiger partial charge in [0.05, 0.1) is 6.10 Å². The summed E-state index contributed by atoms with van der Waals surface area (Å²) < 4.78 is 0. The molecule has 84 valence electrons. The molecule has 0 saturated heterocycles. The molecule has 1 saturated carbocycles. The molecular formula is C11H22ClNO. The number of hydrogen-bond acceptors (Lipinski definition) is 2. The molecule has 0 aromatic carbocycles. The van der Waals surface area contributed by atoms with Crippen LogP contribution in [0.2, 0.25) is 0 Å². The van der Waals surface area contributed by atoms with Crippen LogP contribution in [0, 0.1) is 5.92 Å². The van der Waals surface area contributed by atoms with Gasteiger partial charge in [0.15, 0.2) is 0 Å². The summed E-state index contributed by atoms with van der Waals surface area (Å²) in [6.07, 6.45) is 4.39. The fourth-order valence-electron chi connectivity index (χ4n) is 2.28. The molecule has 2 nitrogen and oxygen atoms in total. The Morgan fingerprint density at radius 1 is 1.43 bits per heavy atom. The van der Waals surface area contributed by atoms with E-state index in [4.69, 9.17) is 11.6 Å². The first-order valence-corrected chi connectivity index (χ1v) is 6.13. The highest BCUT2D eigenvalue weighted by Crippen LogP contribution is 2.22. The first-order valence-electron chi connectivity index (χ1n) is 5.59. The molecule has 3 atom stereocenters. The van der Waals surface area contributed by atoms with Crippen molar-refractivity contribution in [1.29, 1.82) is 0 Å². The van der Waals surface area contributed by atoms with Crippen LogP contribution in [-0.2, 0) is 0 Å². The van der Waals surface area contributed by atoms with Crippen LogP contribution in [0.25, 0.3) is 0 Å². The number of aliphatic hydroxyl groups is 1. The second-order valence-electron chi connectivity index (χ2n) is 4.62. The van der Waals surface area contributed by atoms with Crippen molar-refractivity contribution in [2.24, 2.45) is 5.92 Å². The molecule has 1 fully saturated rings. The van der Waals surface area contributed by atoms with E-state index < -0.39 is 0 Å². The van der Waals surface area contributed by atoms with Crippen LogP contribution < -0.4 is 0 Å². The lowest BCUT2D eigenvalue weighted by Crippen LogP contribution is -2.45. The summed E-state index contributed by atoms with van der Waals surface area (Å²) in [6, 6.07) is 0.356. The summed E-state index contributed by atoms with van der Waals surface area (Å²) in [7, 11) is 2.10. The quantitative estimate of drug-likeness (QED) is 0.733. The third-order valence-corrected chi connectivity index (χ3v) is 3.65. The predicted molar refractivity (Wildman–Crippen MR) is 60.8 cm³/mol. The molecule has 0 aliphatic heterocycles. The van der Waals surface area contributed by atoms with E-state index in [1.165, 1.54) is 12.8 Å². The van der Waals surface area contributed by atoms with E-state index in [1.54, 1.807) is 0 Å². The fraction of sp³-hybridized carbons (Fsp3) is 1.00. The summed E-state index contributed by atoms with van der Waals surface area (Å²) in [5, 5.41) is 9.85. The number of rotatable bonds is 4. The Morgan fingerprint density at radius 2 is 2.07 bits per heavy atom. The van der Waals surface area contributed by atoms with E-state index in [9.17, 15) is 5.11 Å². The van der Waals surface area contributed by atoms with Crippen molar-refractivity contribution in [3.05, 3.63) is 0 Å². The zero-order chi connectivity index (χ0) is 10.6. The maximum Gasteiger partial charge on any atom is 0.0695 e. The zero-order valence-electron chi connectivity index (χ0n) is 9.25. The highest BCUT2D eigenvalue weighted by atomic mass is 35.5. The molecule has 1 N–H and O–H groups in total. The zero-order valence-corrected chi connectivity index (χ0v) is 10.0. The lowest BCUT2D eigenvalue weighted by Gasteiger charge is -2.36. The fourth-order valence-corrected chi connectivity index (χ4v) is 2.38. The third-order valence-electron chi connectivity index (χ3n) is 3.12. The van der Waals surface area contributed by atoms with Crippen molar-refractivity contribution in [2.75, 3.05) is 19.5 Å². The van der Waals surface area contributed by atoms with Gasteiger partial charge in [0, 0.05) is 18.5 Å². The first kappa shape index (κ1) is 12.3. The number of hydrogen-bond donors (Lipinski definition) is 1. The SMILES string of the molecule is CC(CCl)CN(C)C1CCCCC1O. The number of nitrogens with zero attached hydrogens (tertiary/aromatic N) is 1. The number of halogens is 1. The van der Waals surface area contributed by atoms with Gasteiger partial charge in [0.25, 0.3) is 0 Å². The molecule has 1 rings (SSSR count). The first-order chi connectivity index (χ1) is 6.65. The van der Waals surface area contributed by atoms with Crippen LogP contribution in [-0.4, -0.2) is 41.6 Å². The molecule has 1 aliphatic rings. The maximum absolute atomic E-state index is 9.85. The van der Waals surface area contributed by atoms with Gasteiger partial charge in [-0.2, -0.15) is 0 Å². The molecule has 0 amide bonds. The lowest BCUT2D eigenvalue weighted by molar-refractivity contribution is 0.0279. The molecule has 3 heteroatoms. The van der Waals surface area contributed by atoms with E-state index in [0.717, 1.165) is 19.4 Å². The van der Waals surface area contributed by atoms with E-state index in [2.05, 4.69) is 18.9 Å². The van der Waals surface area contributed by atoms with Gasteiger partial charge in [0.1, 0.15) is 0 Å². The smallest absolute Gasteiger partial charge is 0.0695 e. The van der Waals surface area contributed by atoms with Gasteiger partial charge in [-0.15, -0.1) is 11.6 Å². The Hall–Kier alpha value is 0.210. The normalized spacial score (nSPS) is 30.6. The molecule has 0 aromatic rings. The maximum atomic E-state index is 9.85. The van der Waals surface area contributed by atoms with Gasteiger partial charge in [0.2, 0.25) is 0 Å². The number of alkyl halides is 1. The van der Waals surface area contributed by atoms with Gasteiger partial charge in [-0.05, 0) is 25.8 Å². The van der Waals surface area contributed by atoms with E-state index >= 15 is 0 Å². The highest BCUT2D eigenvalue weighted by molar-refractivity contribution is 6.18. The van der Waals surface area contributed by atoms with Crippen LogP contribution in [0.5, 0.6) is 0 Å². The van der Waals surface area contributed by atoms with E-state index in [0.29, 0.717) is 17.8 Å². The van der Waals surface area contributed by atoms with E-state index in [1.807, 2.05) is 0 Å². The minimum Gasteiger partial charge on any atom is -0.391 e. The molecule has 0 aromatic heterocycles. The van der Waals surface area contributed by atoms with Crippen LogP contribution >= 0.6 is 11.6 Å². The summed E-state index contributed by atoms with van der Waals surface area (Å²) in [6.45, 7) is 3.14. The van der Waals surface area contributed by atoms with Gasteiger partial charge < -0.3 is 10.0 Å². The minimum absolute atomic E-state index is 0.128. The topological polar surface area (TPSA) is 23.5 Å². The minimum atomic E-state index is -0.128. The molecule has 0 radical (unpaired) electrons. The van der Waals surface area contributed by atoms with Crippen LogP contribution in [0.3, 0.4) is 0 Å². The molecule has 3 unspecified atom stereocenters. The Bertz CT molecular complexity index is 165. The highest BCUT2D eigenvalue weighted by Gasteiger charge is 2.26. The summed E-state index contributed by atoms with van der Waals surface area (Å²) in [4.78, 5) is 2.27. The van der Waals surface area contributed by atoms with Gasteiger partial charge in [-0.25, -0.2) is 0 Å².